The van der Waals surface area contributed by atoms with Gasteiger partial charge in [0.1, 0.15) is 18.0 Å². The molecule has 0 saturated carbocycles. The number of nitrogen functional groups attached to an aromatic ring is 1. The predicted octanol–water partition coefficient (Wildman–Crippen LogP) is -0.542. The van der Waals surface area contributed by atoms with E-state index in [9.17, 15) is 14.3 Å². The fourth-order valence-electron chi connectivity index (χ4n) is 2.12. The van der Waals surface area contributed by atoms with Gasteiger partial charge in [-0.15, -0.1) is 0 Å². The highest BCUT2D eigenvalue weighted by Gasteiger charge is 2.55. The third kappa shape index (κ3) is 2.34. The number of nitrogens with two attached hydrogens (primary N) is 1. The van der Waals surface area contributed by atoms with Crippen molar-refractivity contribution in [2.75, 3.05) is 19.5 Å². The Labute approximate surface area is 108 Å². The zero-order valence-electron chi connectivity index (χ0n) is 10.6. The van der Waals surface area contributed by atoms with Gasteiger partial charge >= 0.3 is 5.69 Å². The summed E-state index contributed by atoms with van der Waals surface area (Å²) in [7, 11) is 1.41. The van der Waals surface area contributed by atoms with Crippen LogP contribution < -0.4 is 11.4 Å². The molecule has 0 aromatic carbocycles. The van der Waals surface area contributed by atoms with Crippen LogP contribution in [0.1, 0.15) is 13.2 Å². The van der Waals surface area contributed by atoms with Gasteiger partial charge in [-0.25, -0.2) is 9.18 Å². The van der Waals surface area contributed by atoms with Crippen LogP contribution in [-0.2, 0) is 9.47 Å². The number of halogens is 1. The van der Waals surface area contributed by atoms with Gasteiger partial charge in [0.2, 0.25) is 0 Å². The number of aliphatic hydroxyl groups excluding tert-OH is 1. The van der Waals surface area contributed by atoms with Crippen molar-refractivity contribution in [2.45, 2.75) is 31.0 Å². The quantitative estimate of drug-likeness (QED) is 0.767. The van der Waals surface area contributed by atoms with E-state index in [1.54, 1.807) is 0 Å². The molecule has 1 aromatic heterocycles. The zero-order valence-corrected chi connectivity index (χ0v) is 10.6. The predicted molar refractivity (Wildman–Crippen MR) is 64.2 cm³/mol. The van der Waals surface area contributed by atoms with E-state index in [1.807, 2.05) is 0 Å². The van der Waals surface area contributed by atoms with Gasteiger partial charge in [-0.05, 0) is 13.0 Å². The van der Waals surface area contributed by atoms with E-state index in [0.717, 1.165) is 4.57 Å². The fraction of sp³-hybridized carbons (Fsp3) is 0.636. The second-order valence-corrected chi connectivity index (χ2v) is 4.62. The smallest absolute Gasteiger partial charge is 0.351 e. The minimum absolute atomic E-state index is 0.0222. The van der Waals surface area contributed by atoms with Gasteiger partial charge in [0.25, 0.3) is 0 Å². The molecular weight excluding hydrogens is 257 g/mol. The Kier molecular flexibility index (Phi) is 3.57. The molecule has 4 atom stereocenters. The molecule has 2 heterocycles. The van der Waals surface area contributed by atoms with E-state index in [0.29, 0.717) is 0 Å². The van der Waals surface area contributed by atoms with Crippen molar-refractivity contribution in [3.05, 3.63) is 22.7 Å². The molecule has 2 rings (SSSR count). The molecule has 3 N–H and O–H groups in total. The Hall–Kier alpha value is -1.51. The van der Waals surface area contributed by atoms with Gasteiger partial charge in [-0.3, -0.25) is 4.57 Å². The molecule has 0 radical (unpaired) electrons. The standard InChI is InChI=1S/C11H16FN3O4/c1-11(12)8(16)6(5-18-2)19-9(11)15-4-3-7(13)14-10(15)17/h3-4,6,8-9,16H,5H2,1-2H3,(H2,13,14,17)/t6-,8-,9-,11-/m1/s1. The van der Waals surface area contributed by atoms with E-state index in [2.05, 4.69) is 4.98 Å². The molecule has 1 aromatic rings. The summed E-state index contributed by atoms with van der Waals surface area (Å²) in [6, 6.07) is 1.36. The van der Waals surface area contributed by atoms with Crippen LogP contribution in [0.25, 0.3) is 0 Å². The van der Waals surface area contributed by atoms with Crippen LogP contribution in [0, 0.1) is 0 Å². The Morgan fingerprint density at radius 1 is 1.74 bits per heavy atom. The number of methoxy groups -OCH3 is 1. The van der Waals surface area contributed by atoms with E-state index in [-0.39, 0.29) is 12.4 Å². The van der Waals surface area contributed by atoms with Gasteiger partial charge in [0, 0.05) is 13.3 Å². The molecule has 106 valence electrons. The molecule has 8 heteroatoms. The van der Waals surface area contributed by atoms with Gasteiger partial charge in [0.15, 0.2) is 11.9 Å². The van der Waals surface area contributed by atoms with Crippen LogP contribution in [0.15, 0.2) is 17.1 Å². The van der Waals surface area contributed by atoms with E-state index in [1.165, 1.54) is 26.3 Å². The molecule has 1 fully saturated rings. The highest BCUT2D eigenvalue weighted by atomic mass is 19.1. The van der Waals surface area contributed by atoms with E-state index >= 15 is 0 Å². The lowest BCUT2D eigenvalue weighted by molar-refractivity contribution is -0.0660. The van der Waals surface area contributed by atoms with Crippen molar-refractivity contribution in [1.29, 1.82) is 0 Å². The summed E-state index contributed by atoms with van der Waals surface area (Å²) < 4.78 is 25.7. The summed E-state index contributed by atoms with van der Waals surface area (Å²) in [5.41, 5.74) is 2.50. The molecule has 1 saturated heterocycles. The molecule has 7 nitrogen and oxygen atoms in total. The minimum Gasteiger partial charge on any atom is -0.387 e. The maximum absolute atomic E-state index is 14.6. The number of alkyl halides is 1. The second kappa shape index (κ2) is 4.87. The van der Waals surface area contributed by atoms with Gasteiger partial charge in [-0.2, -0.15) is 4.98 Å². The third-order valence-corrected chi connectivity index (χ3v) is 3.15. The zero-order chi connectivity index (χ0) is 14.2. The lowest BCUT2D eigenvalue weighted by Gasteiger charge is -2.24. The number of aliphatic hydroxyl groups is 1. The maximum Gasteiger partial charge on any atom is 0.351 e. The first-order valence-electron chi connectivity index (χ1n) is 5.74. The van der Waals surface area contributed by atoms with Crippen molar-refractivity contribution in [3.63, 3.8) is 0 Å². The molecule has 0 unspecified atom stereocenters. The largest absolute Gasteiger partial charge is 0.387 e. The second-order valence-electron chi connectivity index (χ2n) is 4.62. The fourth-order valence-corrected chi connectivity index (χ4v) is 2.12. The Bertz CT molecular complexity index is 519. The number of nitrogens with zero attached hydrogens (tertiary/aromatic N) is 2. The highest BCUT2D eigenvalue weighted by molar-refractivity contribution is 5.23. The minimum atomic E-state index is -2.13. The van der Waals surface area contributed by atoms with Gasteiger partial charge in [-0.1, -0.05) is 0 Å². The summed E-state index contributed by atoms with van der Waals surface area (Å²) in [5.74, 6) is 0.0359. The van der Waals surface area contributed by atoms with Gasteiger partial charge in [0.05, 0.1) is 6.61 Å². The van der Waals surface area contributed by atoms with Gasteiger partial charge < -0.3 is 20.3 Å². The van der Waals surface area contributed by atoms with Crippen molar-refractivity contribution in [1.82, 2.24) is 9.55 Å². The van der Waals surface area contributed by atoms with Crippen LogP contribution in [0.4, 0.5) is 10.2 Å². The first-order chi connectivity index (χ1) is 8.87. The number of anilines is 1. The maximum atomic E-state index is 14.6. The summed E-state index contributed by atoms with van der Waals surface area (Å²) in [6.07, 6.45) is -2.24. The number of hydrogen-bond donors (Lipinski definition) is 2. The molecule has 19 heavy (non-hydrogen) atoms. The number of rotatable bonds is 3. The first-order valence-corrected chi connectivity index (χ1v) is 5.74. The van der Waals surface area contributed by atoms with Crippen LogP contribution in [0.2, 0.25) is 0 Å². The molecular formula is C11H16FN3O4. The monoisotopic (exact) mass is 273 g/mol. The SMILES string of the molecule is COC[C@H]1O[C@@H](n2ccc(N)nc2=O)[C@](C)(F)[C@@H]1O. The topological polar surface area (TPSA) is 99.6 Å². The summed E-state index contributed by atoms with van der Waals surface area (Å²) in [6.45, 7) is 1.19. The third-order valence-electron chi connectivity index (χ3n) is 3.15. The summed E-state index contributed by atoms with van der Waals surface area (Å²) in [4.78, 5) is 15.2. The Balaban J connectivity index is 2.36. The Morgan fingerprint density at radius 3 is 3.00 bits per heavy atom. The van der Waals surface area contributed by atoms with Crippen molar-refractivity contribution < 1.29 is 19.0 Å². The van der Waals surface area contributed by atoms with Crippen LogP contribution >= 0.6 is 0 Å². The lowest BCUT2D eigenvalue weighted by Crippen LogP contribution is -2.43. The highest BCUT2D eigenvalue weighted by Crippen LogP contribution is 2.40. The molecule has 0 spiro atoms. The molecule has 1 aliphatic rings. The van der Waals surface area contributed by atoms with Crippen molar-refractivity contribution >= 4 is 5.82 Å². The van der Waals surface area contributed by atoms with Crippen LogP contribution in [0.5, 0.6) is 0 Å². The van der Waals surface area contributed by atoms with Crippen molar-refractivity contribution in [2.24, 2.45) is 0 Å². The molecule has 0 aliphatic carbocycles. The summed E-state index contributed by atoms with van der Waals surface area (Å²) in [5, 5.41) is 9.88. The Morgan fingerprint density at radius 2 is 2.42 bits per heavy atom. The average Bonchev–Trinajstić information content (AvgIpc) is 2.54. The van der Waals surface area contributed by atoms with E-state index in [4.69, 9.17) is 15.2 Å². The lowest BCUT2D eigenvalue weighted by atomic mass is 9.98. The normalized spacial score (nSPS) is 34.6. The number of hydrogen-bond acceptors (Lipinski definition) is 6. The van der Waals surface area contributed by atoms with Crippen LogP contribution in [0.3, 0.4) is 0 Å². The number of aromatic nitrogens is 2. The van der Waals surface area contributed by atoms with E-state index < -0.39 is 29.8 Å². The summed E-state index contributed by atoms with van der Waals surface area (Å²) >= 11 is 0. The number of ether oxygens (including phenoxy) is 2. The molecule has 0 bridgehead atoms. The average molecular weight is 273 g/mol. The first kappa shape index (κ1) is 13.9. The van der Waals surface area contributed by atoms with Crippen LogP contribution in [-0.4, -0.2) is 46.3 Å². The molecule has 1 aliphatic heterocycles. The van der Waals surface area contributed by atoms with Crippen molar-refractivity contribution in [3.8, 4) is 0 Å². The molecule has 0 amide bonds.